The Bertz CT molecular complexity index is 412. The maximum Gasteiger partial charge on any atom is 0.129 e. The van der Waals surface area contributed by atoms with Crippen molar-refractivity contribution < 1.29 is 0 Å². The molecule has 1 rings (SSSR count). The zero-order chi connectivity index (χ0) is 14.3. The van der Waals surface area contributed by atoms with Crippen molar-refractivity contribution in [1.82, 2.24) is 10.3 Å². The molecule has 0 radical (unpaired) electrons. The number of hydrogen-bond donors (Lipinski definition) is 1. The fourth-order valence-corrected chi connectivity index (χ4v) is 2.02. The van der Waals surface area contributed by atoms with Crippen LogP contribution in [-0.4, -0.2) is 24.6 Å². The molecule has 106 valence electrons. The van der Waals surface area contributed by atoms with Crippen molar-refractivity contribution in [2.24, 2.45) is 0 Å². The van der Waals surface area contributed by atoms with E-state index in [0.29, 0.717) is 0 Å². The summed E-state index contributed by atoms with van der Waals surface area (Å²) in [6, 6.07) is 4.30. The van der Waals surface area contributed by atoms with E-state index >= 15 is 0 Å². The zero-order valence-corrected chi connectivity index (χ0v) is 12.8. The van der Waals surface area contributed by atoms with E-state index in [0.717, 1.165) is 49.7 Å². The van der Waals surface area contributed by atoms with Crippen LogP contribution in [0.4, 0.5) is 5.82 Å². The Morgan fingerprint density at radius 3 is 2.63 bits per heavy atom. The van der Waals surface area contributed by atoms with Crippen LogP contribution in [0.3, 0.4) is 0 Å². The lowest BCUT2D eigenvalue weighted by atomic mass is 10.2. The Hall–Kier alpha value is -1.35. The molecule has 0 spiro atoms. The highest BCUT2D eigenvalue weighted by Gasteiger charge is 2.08. The van der Waals surface area contributed by atoms with E-state index in [4.69, 9.17) is 4.98 Å². The normalized spacial score (nSPS) is 10.5. The Labute approximate surface area is 117 Å². The highest BCUT2D eigenvalue weighted by Crippen LogP contribution is 2.15. The largest absolute Gasteiger partial charge is 0.353 e. The predicted molar refractivity (Wildman–Crippen MR) is 83.7 cm³/mol. The zero-order valence-electron chi connectivity index (χ0n) is 12.8. The summed E-state index contributed by atoms with van der Waals surface area (Å²) in [5.41, 5.74) is 3.56. The molecule has 1 aromatic rings. The van der Waals surface area contributed by atoms with E-state index in [1.54, 1.807) is 0 Å². The maximum atomic E-state index is 4.72. The van der Waals surface area contributed by atoms with Crippen LogP contribution in [0.15, 0.2) is 24.3 Å². The summed E-state index contributed by atoms with van der Waals surface area (Å²) >= 11 is 0. The van der Waals surface area contributed by atoms with Crippen LogP contribution in [0, 0.1) is 6.92 Å². The van der Waals surface area contributed by atoms with E-state index < -0.39 is 0 Å². The molecule has 0 bridgehead atoms. The lowest BCUT2D eigenvalue weighted by Crippen LogP contribution is -2.26. The summed E-state index contributed by atoms with van der Waals surface area (Å²) in [5.74, 6) is 1.04. The van der Waals surface area contributed by atoms with Crippen molar-refractivity contribution >= 4 is 5.82 Å². The number of aromatic nitrogens is 1. The monoisotopic (exact) mass is 261 g/mol. The molecule has 3 heteroatoms. The third-order valence-electron chi connectivity index (χ3n) is 3.09. The van der Waals surface area contributed by atoms with Crippen molar-refractivity contribution in [2.45, 2.75) is 40.7 Å². The average Bonchev–Trinajstić information content (AvgIpc) is 2.38. The first kappa shape index (κ1) is 15.7. The molecule has 1 aromatic heterocycles. The van der Waals surface area contributed by atoms with Gasteiger partial charge in [0.05, 0.1) is 0 Å². The topological polar surface area (TPSA) is 28.2 Å². The molecule has 0 saturated heterocycles. The summed E-state index contributed by atoms with van der Waals surface area (Å²) in [6.45, 7) is 16.2. The summed E-state index contributed by atoms with van der Waals surface area (Å²) in [6.07, 6.45) is 1.16. The van der Waals surface area contributed by atoms with Crippen LogP contribution in [0.5, 0.6) is 0 Å². The highest BCUT2D eigenvalue weighted by molar-refractivity contribution is 5.42. The second-order valence-electron chi connectivity index (χ2n) is 5.06. The number of rotatable bonds is 8. The van der Waals surface area contributed by atoms with E-state index in [1.807, 2.05) is 0 Å². The maximum absolute atomic E-state index is 4.72. The second-order valence-corrected chi connectivity index (χ2v) is 5.06. The minimum absolute atomic E-state index is 0.871. The lowest BCUT2D eigenvalue weighted by Gasteiger charge is -2.23. The molecule has 0 atom stereocenters. The Morgan fingerprint density at radius 2 is 2.11 bits per heavy atom. The number of nitrogens with zero attached hydrogens (tertiary/aromatic N) is 2. The van der Waals surface area contributed by atoms with Gasteiger partial charge in [-0.25, -0.2) is 4.98 Å². The van der Waals surface area contributed by atoms with Crippen molar-refractivity contribution in [3.63, 3.8) is 0 Å². The molecule has 3 nitrogen and oxygen atoms in total. The minimum atomic E-state index is 0.871. The van der Waals surface area contributed by atoms with Gasteiger partial charge in [-0.2, -0.15) is 0 Å². The van der Waals surface area contributed by atoms with Gasteiger partial charge in [0.1, 0.15) is 5.82 Å². The summed E-state index contributed by atoms with van der Waals surface area (Å²) in [5, 5.41) is 3.42. The number of hydrogen-bond acceptors (Lipinski definition) is 3. The molecule has 0 fully saturated rings. The molecule has 1 N–H and O–H groups in total. The van der Waals surface area contributed by atoms with E-state index in [2.05, 4.69) is 56.6 Å². The lowest BCUT2D eigenvalue weighted by molar-refractivity contribution is 0.670. The number of aryl methyl sites for hydroxylation is 1. The minimum Gasteiger partial charge on any atom is -0.353 e. The van der Waals surface area contributed by atoms with Gasteiger partial charge >= 0.3 is 0 Å². The molecule has 19 heavy (non-hydrogen) atoms. The second kappa shape index (κ2) is 7.95. The third-order valence-corrected chi connectivity index (χ3v) is 3.09. The van der Waals surface area contributed by atoms with Gasteiger partial charge in [-0.3, -0.25) is 0 Å². The molecule has 0 unspecified atom stereocenters. The van der Waals surface area contributed by atoms with Crippen molar-refractivity contribution in [1.29, 1.82) is 0 Å². The van der Waals surface area contributed by atoms with Gasteiger partial charge in [-0.05, 0) is 45.4 Å². The van der Waals surface area contributed by atoms with Gasteiger partial charge in [0.2, 0.25) is 0 Å². The van der Waals surface area contributed by atoms with Gasteiger partial charge in [0.25, 0.3) is 0 Å². The van der Waals surface area contributed by atoms with Crippen molar-refractivity contribution in [3.8, 4) is 0 Å². The van der Waals surface area contributed by atoms with E-state index in [-0.39, 0.29) is 0 Å². The van der Waals surface area contributed by atoms with Gasteiger partial charge < -0.3 is 10.2 Å². The first-order valence-electron chi connectivity index (χ1n) is 7.15. The molecule has 0 aliphatic rings. The Kier molecular flexibility index (Phi) is 6.57. The van der Waals surface area contributed by atoms with Crippen molar-refractivity contribution in [2.75, 3.05) is 24.5 Å². The molecular weight excluding hydrogens is 234 g/mol. The van der Waals surface area contributed by atoms with E-state index in [9.17, 15) is 0 Å². The molecule has 0 aliphatic carbocycles. The SMILES string of the molecule is C=C(C)CN(CC)c1ccc(CNCCC)c(C)n1. The molecule has 1 heterocycles. The number of nitrogens with one attached hydrogen (secondary N) is 1. The van der Waals surface area contributed by atoms with Gasteiger partial charge in [0.15, 0.2) is 0 Å². The molecule has 0 saturated carbocycles. The van der Waals surface area contributed by atoms with E-state index in [1.165, 1.54) is 5.56 Å². The Balaban J connectivity index is 2.76. The van der Waals surface area contributed by atoms with Crippen LogP contribution < -0.4 is 10.2 Å². The molecular formula is C16H27N3. The van der Waals surface area contributed by atoms with Gasteiger partial charge in [-0.1, -0.05) is 25.1 Å². The smallest absolute Gasteiger partial charge is 0.129 e. The number of pyridine rings is 1. The van der Waals surface area contributed by atoms with Gasteiger partial charge in [0, 0.05) is 25.3 Å². The standard InChI is InChI=1S/C16H27N3/c1-6-10-17-11-15-8-9-16(18-14(15)5)19(7-2)12-13(3)4/h8-9,17H,3,6-7,10-12H2,1-2,4-5H3. The van der Waals surface area contributed by atoms with Crippen molar-refractivity contribution in [3.05, 3.63) is 35.5 Å². The quantitative estimate of drug-likeness (QED) is 0.575. The highest BCUT2D eigenvalue weighted by atomic mass is 15.2. The Morgan fingerprint density at radius 1 is 1.37 bits per heavy atom. The van der Waals surface area contributed by atoms with Crippen LogP contribution in [-0.2, 0) is 6.54 Å². The summed E-state index contributed by atoms with van der Waals surface area (Å²) < 4.78 is 0. The fraction of sp³-hybridized carbons (Fsp3) is 0.562. The predicted octanol–water partition coefficient (Wildman–Crippen LogP) is 3.29. The summed E-state index contributed by atoms with van der Waals surface area (Å²) in [7, 11) is 0. The fourth-order valence-electron chi connectivity index (χ4n) is 2.02. The van der Waals surface area contributed by atoms with Crippen LogP contribution in [0.2, 0.25) is 0 Å². The average molecular weight is 261 g/mol. The number of likely N-dealkylation sites (N-methyl/N-ethyl adjacent to an activating group) is 1. The first-order valence-corrected chi connectivity index (χ1v) is 7.15. The van der Waals surface area contributed by atoms with Crippen LogP contribution in [0.25, 0.3) is 0 Å². The molecule has 0 aliphatic heterocycles. The van der Waals surface area contributed by atoms with Crippen LogP contribution in [0.1, 0.15) is 38.4 Å². The third kappa shape index (κ3) is 5.03. The first-order chi connectivity index (χ1) is 9.08. The summed E-state index contributed by atoms with van der Waals surface area (Å²) in [4.78, 5) is 6.97. The molecule has 0 aromatic carbocycles. The van der Waals surface area contributed by atoms with Crippen LogP contribution >= 0.6 is 0 Å². The van der Waals surface area contributed by atoms with Gasteiger partial charge in [-0.15, -0.1) is 0 Å². The number of anilines is 1. The molecule has 0 amide bonds.